The van der Waals surface area contributed by atoms with E-state index in [1.165, 1.54) is 0 Å². The van der Waals surface area contributed by atoms with E-state index in [9.17, 15) is 4.39 Å². The zero-order valence-electron chi connectivity index (χ0n) is 9.15. The second-order valence-corrected chi connectivity index (χ2v) is 4.38. The van der Waals surface area contributed by atoms with E-state index in [0.29, 0.717) is 18.3 Å². The van der Waals surface area contributed by atoms with E-state index in [1.807, 2.05) is 6.92 Å². The van der Waals surface area contributed by atoms with Gasteiger partial charge in [-0.25, -0.2) is 4.39 Å². The van der Waals surface area contributed by atoms with Crippen molar-refractivity contribution in [1.29, 1.82) is 0 Å². The van der Waals surface area contributed by atoms with Crippen molar-refractivity contribution < 1.29 is 4.39 Å². The highest BCUT2D eigenvalue weighted by atomic mass is 19.1. The fourth-order valence-corrected chi connectivity index (χ4v) is 1.54. The van der Waals surface area contributed by atoms with Crippen LogP contribution in [0.4, 0.5) is 4.39 Å². The molecule has 0 bridgehead atoms. The first-order chi connectivity index (χ1) is 5.43. The fraction of sp³-hybridized carbons (Fsp3) is 1.00. The zero-order chi connectivity index (χ0) is 9.78. The summed E-state index contributed by atoms with van der Waals surface area (Å²) in [6.07, 6.45) is 2.45. The molecule has 0 aliphatic heterocycles. The highest BCUT2D eigenvalue weighted by Crippen LogP contribution is 2.30. The van der Waals surface area contributed by atoms with E-state index in [0.717, 1.165) is 12.8 Å². The van der Waals surface area contributed by atoms with Crippen molar-refractivity contribution in [3.05, 3.63) is 0 Å². The molecule has 0 radical (unpaired) electrons. The summed E-state index contributed by atoms with van der Waals surface area (Å²) < 4.78 is 13.6. The molecule has 0 rings (SSSR count). The van der Waals surface area contributed by atoms with E-state index in [1.54, 1.807) is 6.92 Å². The Morgan fingerprint density at radius 1 is 1.25 bits per heavy atom. The molecule has 12 heavy (non-hydrogen) atoms. The van der Waals surface area contributed by atoms with Crippen LogP contribution in [-0.2, 0) is 0 Å². The Morgan fingerprint density at radius 2 is 1.75 bits per heavy atom. The topological polar surface area (TPSA) is 0 Å². The Morgan fingerprint density at radius 3 is 2.00 bits per heavy atom. The van der Waals surface area contributed by atoms with Gasteiger partial charge in [-0.05, 0) is 31.6 Å². The van der Waals surface area contributed by atoms with Crippen molar-refractivity contribution in [2.75, 3.05) is 0 Å². The van der Waals surface area contributed by atoms with E-state index < -0.39 is 5.67 Å². The van der Waals surface area contributed by atoms with Crippen molar-refractivity contribution in [2.24, 2.45) is 11.8 Å². The second kappa shape index (κ2) is 4.84. The monoisotopic (exact) mass is 174 g/mol. The summed E-state index contributed by atoms with van der Waals surface area (Å²) in [5, 5.41) is 0. The van der Waals surface area contributed by atoms with Gasteiger partial charge in [0.25, 0.3) is 0 Å². The standard InChI is InChI=1S/C11H23F/c1-6-10(9(3)4)8-11(5,12)7-2/h9-10H,6-8H2,1-5H3. The minimum absolute atomic E-state index is 0.542. The molecule has 0 saturated carbocycles. The molecule has 0 spiro atoms. The van der Waals surface area contributed by atoms with Gasteiger partial charge in [-0.15, -0.1) is 0 Å². The summed E-state index contributed by atoms with van der Waals surface area (Å²) in [6, 6.07) is 0. The van der Waals surface area contributed by atoms with E-state index in [4.69, 9.17) is 0 Å². The molecule has 0 aromatic carbocycles. The molecule has 1 heteroatoms. The van der Waals surface area contributed by atoms with Gasteiger partial charge in [-0.1, -0.05) is 34.1 Å². The van der Waals surface area contributed by atoms with Crippen LogP contribution in [-0.4, -0.2) is 5.67 Å². The molecule has 0 nitrogen and oxygen atoms in total. The third-order valence-electron chi connectivity index (χ3n) is 2.89. The lowest BCUT2D eigenvalue weighted by molar-refractivity contribution is 0.122. The maximum absolute atomic E-state index is 13.6. The highest BCUT2D eigenvalue weighted by Gasteiger charge is 2.26. The van der Waals surface area contributed by atoms with Crippen LogP contribution in [0, 0.1) is 11.8 Å². The van der Waals surface area contributed by atoms with Crippen LogP contribution in [0.15, 0.2) is 0 Å². The number of hydrogen-bond acceptors (Lipinski definition) is 0. The van der Waals surface area contributed by atoms with Crippen LogP contribution in [0.1, 0.15) is 53.9 Å². The highest BCUT2D eigenvalue weighted by molar-refractivity contribution is 4.76. The first kappa shape index (κ1) is 11.9. The number of hydrogen-bond donors (Lipinski definition) is 0. The van der Waals surface area contributed by atoms with Gasteiger partial charge in [-0.3, -0.25) is 0 Å². The van der Waals surface area contributed by atoms with Crippen LogP contribution < -0.4 is 0 Å². The molecular weight excluding hydrogens is 151 g/mol. The Balaban J connectivity index is 4.01. The van der Waals surface area contributed by atoms with Gasteiger partial charge in [0.2, 0.25) is 0 Å². The van der Waals surface area contributed by atoms with Crippen molar-refractivity contribution in [3.63, 3.8) is 0 Å². The first-order valence-corrected chi connectivity index (χ1v) is 5.11. The average Bonchev–Trinajstić information content (AvgIpc) is 2.00. The smallest absolute Gasteiger partial charge is 0.108 e. The number of halogens is 1. The van der Waals surface area contributed by atoms with E-state index in [2.05, 4.69) is 20.8 Å². The van der Waals surface area contributed by atoms with Crippen LogP contribution in [0.5, 0.6) is 0 Å². The summed E-state index contributed by atoms with van der Waals surface area (Å²) in [5.41, 5.74) is -0.953. The average molecular weight is 174 g/mol. The third-order valence-corrected chi connectivity index (χ3v) is 2.89. The lowest BCUT2D eigenvalue weighted by Gasteiger charge is -2.27. The Hall–Kier alpha value is -0.0700. The van der Waals surface area contributed by atoms with Crippen LogP contribution in [0.2, 0.25) is 0 Å². The van der Waals surface area contributed by atoms with Gasteiger partial charge >= 0.3 is 0 Å². The summed E-state index contributed by atoms with van der Waals surface area (Å²) >= 11 is 0. The maximum Gasteiger partial charge on any atom is 0.108 e. The molecule has 0 aliphatic carbocycles. The molecule has 0 saturated heterocycles. The van der Waals surface area contributed by atoms with Crippen molar-refractivity contribution >= 4 is 0 Å². The second-order valence-electron chi connectivity index (χ2n) is 4.38. The van der Waals surface area contributed by atoms with Gasteiger partial charge in [0.15, 0.2) is 0 Å². The summed E-state index contributed by atoms with van der Waals surface area (Å²) in [6.45, 7) is 10.2. The lowest BCUT2D eigenvalue weighted by Crippen LogP contribution is -2.23. The molecule has 0 amide bonds. The lowest BCUT2D eigenvalue weighted by atomic mass is 9.83. The largest absolute Gasteiger partial charge is 0.244 e. The minimum Gasteiger partial charge on any atom is -0.244 e. The van der Waals surface area contributed by atoms with E-state index >= 15 is 0 Å². The predicted molar refractivity (Wildman–Crippen MR) is 53.0 cm³/mol. The van der Waals surface area contributed by atoms with Gasteiger partial charge in [0.1, 0.15) is 5.67 Å². The normalized spacial score (nSPS) is 19.2. The number of rotatable bonds is 5. The molecule has 0 fully saturated rings. The Labute approximate surface area is 76.6 Å². The molecule has 74 valence electrons. The van der Waals surface area contributed by atoms with Gasteiger partial charge < -0.3 is 0 Å². The summed E-state index contributed by atoms with van der Waals surface area (Å²) in [7, 11) is 0. The zero-order valence-corrected chi connectivity index (χ0v) is 9.15. The molecule has 0 heterocycles. The van der Waals surface area contributed by atoms with Crippen molar-refractivity contribution in [2.45, 2.75) is 59.5 Å². The molecular formula is C11H23F. The molecule has 0 aromatic rings. The minimum atomic E-state index is -0.953. The molecule has 0 N–H and O–H groups in total. The summed E-state index contributed by atoms with van der Waals surface area (Å²) in [4.78, 5) is 0. The molecule has 2 unspecified atom stereocenters. The van der Waals surface area contributed by atoms with Gasteiger partial charge in [0.05, 0.1) is 0 Å². The molecule has 2 atom stereocenters. The maximum atomic E-state index is 13.6. The number of alkyl halides is 1. The Kier molecular flexibility index (Phi) is 4.81. The molecule has 0 aliphatic rings. The van der Waals surface area contributed by atoms with Crippen LogP contribution >= 0.6 is 0 Å². The Bertz CT molecular complexity index is 116. The van der Waals surface area contributed by atoms with Crippen LogP contribution in [0.3, 0.4) is 0 Å². The quantitative estimate of drug-likeness (QED) is 0.586. The van der Waals surface area contributed by atoms with Crippen molar-refractivity contribution in [3.8, 4) is 0 Å². The van der Waals surface area contributed by atoms with Crippen molar-refractivity contribution in [1.82, 2.24) is 0 Å². The SMILES string of the molecule is CCC(CC(C)(F)CC)C(C)C. The molecule has 0 aromatic heterocycles. The van der Waals surface area contributed by atoms with Crippen LogP contribution in [0.25, 0.3) is 0 Å². The van der Waals surface area contributed by atoms with E-state index in [-0.39, 0.29) is 0 Å². The fourth-order valence-electron chi connectivity index (χ4n) is 1.54. The van der Waals surface area contributed by atoms with Gasteiger partial charge in [0, 0.05) is 0 Å². The third kappa shape index (κ3) is 4.08. The van der Waals surface area contributed by atoms with Gasteiger partial charge in [-0.2, -0.15) is 0 Å². The predicted octanol–water partition coefficient (Wildman–Crippen LogP) is 4.20. The summed E-state index contributed by atoms with van der Waals surface area (Å²) in [5.74, 6) is 1.15. The first-order valence-electron chi connectivity index (χ1n) is 5.11.